The molecule has 1 N–H and O–H groups in total. The van der Waals surface area contributed by atoms with E-state index in [9.17, 15) is 0 Å². The van der Waals surface area contributed by atoms with Crippen molar-refractivity contribution in [3.63, 3.8) is 0 Å². The number of hydrogen-bond donors (Lipinski definition) is 1. The van der Waals surface area contributed by atoms with Crippen LogP contribution in [0.2, 0.25) is 0 Å². The van der Waals surface area contributed by atoms with Gasteiger partial charge in [-0.25, -0.2) is 0 Å². The topological polar surface area (TPSA) is 24.9 Å². The molecule has 0 bridgehead atoms. The van der Waals surface area contributed by atoms with Crippen molar-refractivity contribution in [2.24, 2.45) is 0 Å². The minimum atomic E-state index is 0. The van der Waals surface area contributed by atoms with Crippen LogP contribution in [0.25, 0.3) is 0 Å². The summed E-state index contributed by atoms with van der Waals surface area (Å²) in [5, 5.41) is 3.29. The molecule has 12 heavy (non-hydrogen) atoms. The minimum Gasteiger partial charge on any atom is -0.311 e. The van der Waals surface area contributed by atoms with Gasteiger partial charge in [0.15, 0.2) is 0 Å². The fourth-order valence-corrected chi connectivity index (χ4v) is 0.896. The average molecular weight is 187 g/mol. The Hall–Kier alpha value is -0.600. The maximum Gasteiger partial charge on any atom is 0.0541 e. The Labute approximate surface area is 79.8 Å². The second-order valence-corrected chi connectivity index (χ2v) is 2.50. The highest BCUT2D eigenvalue weighted by Gasteiger charge is 1.88. The van der Waals surface area contributed by atoms with Crippen molar-refractivity contribution in [1.82, 2.24) is 10.3 Å². The van der Waals surface area contributed by atoms with Crippen LogP contribution in [0.5, 0.6) is 0 Å². The van der Waals surface area contributed by atoms with Crippen molar-refractivity contribution < 1.29 is 0 Å². The van der Waals surface area contributed by atoms with Crippen molar-refractivity contribution in [3.8, 4) is 0 Å². The summed E-state index contributed by atoms with van der Waals surface area (Å²) in [6.07, 6.45) is 3.00. The molecule has 0 spiro atoms. The SMILES string of the molecule is CCCNCc1ccccn1.Cl. The van der Waals surface area contributed by atoms with Gasteiger partial charge in [-0.1, -0.05) is 13.0 Å². The molecule has 0 saturated carbocycles. The molecule has 0 aliphatic heterocycles. The summed E-state index contributed by atoms with van der Waals surface area (Å²) >= 11 is 0. The molecule has 1 aromatic heterocycles. The van der Waals surface area contributed by atoms with Gasteiger partial charge in [0, 0.05) is 12.7 Å². The summed E-state index contributed by atoms with van der Waals surface area (Å²) in [6.45, 7) is 4.11. The smallest absolute Gasteiger partial charge is 0.0541 e. The molecule has 2 nitrogen and oxygen atoms in total. The molecule has 0 radical (unpaired) electrons. The van der Waals surface area contributed by atoms with Gasteiger partial charge in [0.05, 0.1) is 5.69 Å². The highest BCUT2D eigenvalue weighted by molar-refractivity contribution is 5.85. The summed E-state index contributed by atoms with van der Waals surface area (Å²) in [5.41, 5.74) is 1.11. The van der Waals surface area contributed by atoms with Gasteiger partial charge >= 0.3 is 0 Å². The van der Waals surface area contributed by atoms with E-state index in [4.69, 9.17) is 0 Å². The first kappa shape index (κ1) is 11.4. The monoisotopic (exact) mass is 186 g/mol. The van der Waals surface area contributed by atoms with Gasteiger partial charge in [0.1, 0.15) is 0 Å². The maximum atomic E-state index is 4.19. The van der Waals surface area contributed by atoms with E-state index in [1.165, 1.54) is 6.42 Å². The van der Waals surface area contributed by atoms with Gasteiger partial charge in [-0.05, 0) is 25.1 Å². The first-order chi connectivity index (χ1) is 5.43. The number of rotatable bonds is 4. The number of nitrogens with one attached hydrogen (secondary N) is 1. The van der Waals surface area contributed by atoms with Crippen LogP contribution < -0.4 is 5.32 Å². The third-order valence-electron chi connectivity index (χ3n) is 1.46. The van der Waals surface area contributed by atoms with E-state index in [1.807, 2.05) is 24.4 Å². The molecule has 0 atom stereocenters. The molecule has 1 heterocycles. The quantitative estimate of drug-likeness (QED) is 0.728. The van der Waals surface area contributed by atoms with Crippen molar-refractivity contribution in [1.29, 1.82) is 0 Å². The lowest BCUT2D eigenvalue weighted by atomic mass is 10.3. The molecular weight excluding hydrogens is 172 g/mol. The molecule has 0 fully saturated rings. The number of halogens is 1. The third kappa shape index (κ3) is 4.31. The summed E-state index contributed by atoms with van der Waals surface area (Å²) < 4.78 is 0. The van der Waals surface area contributed by atoms with Crippen LogP contribution in [0.15, 0.2) is 24.4 Å². The highest BCUT2D eigenvalue weighted by Crippen LogP contribution is 1.91. The molecule has 0 aliphatic rings. The van der Waals surface area contributed by atoms with Crippen LogP contribution in [-0.4, -0.2) is 11.5 Å². The Balaban J connectivity index is 0.00000121. The number of hydrogen-bond acceptors (Lipinski definition) is 2. The van der Waals surface area contributed by atoms with Crippen molar-refractivity contribution in [3.05, 3.63) is 30.1 Å². The van der Waals surface area contributed by atoms with Crippen LogP contribution in [0.3, 0.4) is 0 Å². The Morgan fingerprint density at radius 2 is 2.25 bits per heavy atom. The zero-order valence-electron chi connectivity index (χ0n) is 7.29. The normalized spacial score (nSPS) is 9.08. The van der Waals surface area contributed by atoms with Crippen LogP contribution in [0.4, 0.5) is 0 Å². The van der Waals surface area contributed by atoms with E-state index in [2.05, 4.69) is 17.2 Å². The van der Waals surface area contributed by atoms with Gasteiger partial charge in [-0.15, -0.1) is 12.4 Å². The summed E-state index contributed by atoms with van der Waals surface area (Å²) in [7, 11) is 0. The molecule has 0 amide bonds. The Bertz CT molecular complexity index is 189. The number of nitrogens with zero attached hydrogens (tertiary/aromatic N) is 1. The van der Waals surface area contributed by atoms with Crippen LogP contribution in [0, 0.1) is 0 Å². The van der Waals surface area contributed by atoms with E-state index in [1.54, 1.807) is 0 Å². The lowest BCUT2D eigenvalue weighted by molar-refractivity contribution is 0.664. The summed E-state index contributed by atoms with van der Waals surface area (Å²) in [4.78, 5) is 4.19. The van der Waals surface area contributed by atoms with Crippen molar-refractivity contribution >= 4 is 12.4 Å². The Kier molecular flexibility index (Phi) is 6.72. The first-order valence-corrected chi connectivity index (χ1v) is 4.04. The standard InChI is InChI=1S/C9H14N2.ClH/c1-2-6-10-8-9-5-3-4-7-11-9;/h3-5,7,10H,2,6,8H2,1H3;1H. The Morgan fingerprint density at radius 3 is 2.83 bits per heavy atom. The number of aromatic nitrogens is 1. The minimum absolute atomic E-state index is 0. The van der Waals surface area contributed by atoms with Crippen molar-refractivity contribution in [2.75, 3.05) is 6.54 Å². The zero-order valence-corrected chi connectivity index (χ0v) is 8.10. The molecule has 1 rings (SSSR count). The van der Waals surface area contributed by atoms with Gasteiger partial charge in [-0.3, -0.25) is 4.98 Å². The van der Waals surface area contributed by atoms with Gasteiger partial charge < -0.3 is 5.32 Å². The second kappa shape index (κ2) is 7.07. The fourth-order valence-electron chi connectivity index (χ4n) is 0.896. The molecule has 0 unspecified atom stereocenters. The predicted molar refractivity (Wildman–Crippen MR) is 53.5 cm³/mol. The number of pyridine rings is 1. The highest BCUT2D eigenvalue weighted by atomic mass is 35.5. The molecule has 1 aromatic rings. The lowest BCUT2D eigenvalue weighted by Crippen LogP contribution is -2.14. The molecular formula is C9H15ClN2. The van der Waals surface area contributed by atoms with Gasteiger partial charge in [0.2, 0.25) is 0 Å². The Morgan fingerprint density at radius 1 is 1.42 bits per heavy atom. The molecule has 0 saturated heterocycles. The first-order valence-electron chi connectivity index (χ1n) is 4.04. The molecule has 0 aliphatic carbocycles. The molecule has 68 valence electrons. The second-order valence-electron chi connectivity index (χ2n) is 2.50. The molecule has 3 heteroatoms. The van der Waals surface area contributed by atoms with E-state index in [0.717, 1.165) is 18.8 Å². The van der Waals surface area contributed by atoms with Crippen LogP contribution in [-0.2, 0) is 6.54 Å². The predicted octanol–water partition coefficient (Wildman–Crippen LogP) is 2.00. The van der Waals surface area contributed by atoms with Crippen molar-refractivity contribution in [2.45, 2.75) is 19.9 Å². The summed E-state index contributed by atoms with van der Waals surface area (Å²) in [6, 6.07) is 5.97. The maximum absolute atomic E-state index is 4.19. The average Bonchev–Trinajstić information content (AvgIpc) is 2.07. The van der Waals surface area contributed by atoms with Crippen LogP contribution >= 0.6 is 12.4 Å². The van der Waals surface area contributed by atoms with E-state index in [-0.39, 0.29) is 12.4 Å². The largest absolute Gasteiger partial charge is 0.311 e. The van der Waals surface area contributed by atoms with E-state index in [0.29, 0.717) is 0 Å². The van der Waals surface area contributed by atoms with Gasteiger partial charge in [-0.2, -0.15) is 0 Å². The van der Waals surface area contributed by atoms with Crippen LogP contribution in [0.1, 0.15) is 19.0 Å². The third-order valence-corrected chi connectivity index (χ3v) is 1.46. The fraction of sp³-hybridized carbons (Fsp3) is 0.444. The molecule has 0 aromatic carbocycles. The zero-order chi connectivity index (χ0) is 7.94. The van der Waals surface area contributed by atoms with Gasteiger partial charge in [0.25, 0.3) is 0 Å². The van der Waals surface area contributed by atoms with E-state index >= 15 is 0 Å². The lowest BCUT2D eigenvalue weighted by Gasteiger charge is -2.00. The summed E-state index contributed by atoms with van der Waals surface area (Å²) in [5.74, 6) is 0. The van der Waals surface area contributed by atoms with E-state index < -0.39 is 0 Å².